The molecule has 1 amide bonds. The number of anilines is 1. The maximum atomic E-state index is 12.6. The van der Waals surface area contributed by atoms with E-state index in [0.29, 0.717) is 17.6 Å². The first-order valence-electron chi connectivity index (χ1n) is 10.1. The Bertz CT molecular complexity index is 800. The topological polar surface area (TPSA) is 75.4 Å². The summed E-state index contributed by atoms with van der Waals surface area (Å²) in [7, 11) is 0. The van der Waals surface area contributed by atoms with Crippen LogP contribution in [-0.4, -0.2) is 52.1 Å². The molecule has 2 saturated carbocycles. The molecule has 3 fully saturated rings. The van der Waals surface area contributed by atoms with E-state index in [0.717, 1.165) is 69.1 Å². The third-order valence-electron chi connectivity index (χ3n) is 5.99. The van der Waals surface area contributed by atoms with Crippen LogP contribution >= 0.6 is 0 Å². The number of hydrogen-bond donors (Lipinski definition) is 0. The lowest BCUT2D eigenvalue weighted by Gasteiger charge is -2.36. The van der Waals surface area contributed by atoms with Crippen LogP contribution in [0.2, 0.25) is 0 Å². The summed E-state index contributed by atoms with van der Waals surface area (Å²) in [4.78, 5) is 25.9. The van der Waals surface area contributed by atoms with E-state index in [1.807, 2.05) is 23.2 Å². The highest BCUT2D eigenvalue weighted by molar-refractivity contribution is 5.79. The van der Waals surface area contributed by atoms with Gasteiger partial charge in [0.2, 0.25) is 17.6 Å². The van der Waals surface area contributed by atoms with Gasteiger partial charge < -0.3 is 14.3 Å². The van der Waals surface area contributed by atoms with Crippen molar-refractivity contribution in [2.75, 3.05) is 31.1 Å². The smallest absolute Gasteiger partial charge is 0.230 e. The van der Waals surface area contributed by atoms with Crippen molar-refractivity contribution >= 4 is 11.7 Å². The minimum Gasteiger partial charge on any atom is -0.353 e. The van der Waals surface area contributed by atoms with Gasteiger partial charge in [0.05, 0.1) is 0 Å². The molecule has 0 bridgehead atoms. The Morgan fingerprint density at radius 3 is 2.48 bits per heavy atom. The minimum absolute atomic E-state index is 0.268. The quantitative estimate of drug-likeness (QED) is 0.827. The van der Waals surface area contributed by atoms with Gasteiger partial charge in [0.15, 0.2) is 0 Å². The van der Waals surface area contributed by atoms with Gasteiger partial charge in [-0.3, -0.25) is 4.79 Å². The number of hydrogen-bond acceptors (Lipinski definition) is 6. The van der Waals surface area contributed by atoms with Gasteiger partial charge in [-0.2, -0.15) is 4.98 Å². The lowest BCUT2D eigenvalue weighted by molar-refractivity contribution is -0.135. The highest BCUT2D eigenvalue weighted by Gasteiger charge is 2.31. The molecule has 3 aliphatic rings. The van der Waals surface area contributed by atoms with E-state index in [4.69, 9.17) is 4.52 Å². The van der Waals surface area contributed by atoms with E-state index in [-0.39, 0.29) is 5.92 Å². The summed E-state index contributed by atoms with van der Waals surface area (Å²) in [6, 6.07) is 4.01. The Balaban J connectivity index is 1.20. The van der Waals surface area contributed by atoms with Crippen LogP contribution in [0.3, 0.4) is 0 Å². The van der Waals surface area contributed by atoms with Crippen molar-refractivity contribution in [1.82, 2.24) is 20.0 Å². The van der Waals surface area contributed by atoms with Crippen LogP contribution in [0.25, 0.3) is 11.4 Å². The average molecular weight is 367 g/mol. The van der Waals surface area contributed by atoms with Crippen molar-refractivity contribution < 1.29 is 9.32 Å². The van der Waals surface area contributed by atoms with Gasteiger partial charge in [0.1, 0.15) is 5.82 Å². The van der Waals surface area contributed by atoms with Crippen LogP contribution < -0.4 is 4.90 Å². The van der Waals surface area contributed by atoms with Crippen LogP contribution in [0.5, 0.6) is 0 Å². The van der Waals surface area contributed by atoms with Crippen LogP contribution in [-0.2, 0) is 4.79 Å². The van der Waals surface area contributed by atoms with E-state index >= 15 is 0 Å². The SMILES string of the molecule is O=C(C1CCCC1)N1CCN(c2ccc(-c3noc(C4CC4)n3)cn2)CC1. The number of aromatic nitrogens is 3. The van der Waals surface area contributed by atoms with Gasteiger partial charge in [-0.05, 0) is 37.8 Å². The van der Waals surface area contributed by atoms with E-state index in [9.17, 15) is 4.79 Å². The van der Waals surface area contributed by atoms with E-state index in [1.54, 1.807) is 0 Å². The summed E-state index contributed by atoms with van der Waals surface area (Å²) in [6.45, 7) is 3.24. The van der Waals surface area contributed by atoms with Gasteiger partial charge in [-0.1, -0.05) is 18.0 Å². The Kier molecular flexibility index (Phi) is 4.30. The van der Waals surface area contributed by atoms with Gasteiger partial charge in [0.25, 0.3) is 0 Å². The summed E-state index contributed by atoms with van der Waals surface area (Å²) in [5.41, 5.74) is 0.879. The van der Waals surface area contributed by atoms with E-state index in [2.05, 4.69) is 20.0 Å². The van der Waals surface area contributed by atoms with Crippen LogP contribution in [0.1, 0.15) is 50.3 Å². The maximum absolute atomic E-state index is 12.6. The van der Waals surface area contributed by atoms with Crippen molar-refractivity contribution in [3.63, 3.8) is 0 Å². The number of amides is 1. The molecule has 5 rings (SSSR count). The molecule has 0 spiro atoms. The molecule has 7 heteroatoms. The van der Waals surface area contributed by atoms with Crippen LogP contribution in [0.15, 0.2) is 22.9 Å². The zero-order chi connectivity index (χ0) is 18.2. The molecule has 3 heterocycles. The van der Waals surface area contributed by atoms with Gasteiger partial charge >= 0.3 is 0 Å². The second-order valence-electron chi connectivity index (χ2n) is 7.93. The molecule has 2 aromatic rings. The highest BCUT2D eigenvalue weighted by Crippen LogP contribution is 2.39. The van der Waals surface area contributed by atoms with Crippen molar-refractivity contribution in [3.8, 4) is 11.4 Å². The van der Waals surface area contributed by atoms with Gasteiger partial charge in [0, 0.05) is 49.8 Å². The molecule has 0 unspecified atom stereocenters. The van der Waals surface area contributed by atoms with Gasteiger partial charge in [-0.25, -0.2) is 4.98 Å². The van der Waals surface area contributed by atoms with Gasteiger partial charge in [-0.15, -0.1) is 0 Å². The third kappa shape index (κ3) is 3.42. The number of rotatable bonds is 4. The summed E-state index contributed by atoms with van der Waals surface area (Å²) in [5.74, 6) is 3.39. The molecule has 7 nitrogen and oxygen atoms in total. The normalized spacial score (nSPS) is 21.0. The second kappa shape index (κ2) is 6.94. The van der Waals surface area contributed by atoms with Crippen molar-refractivity contribution in [2.24, 2.45) is 5.92 Å². The number of carbonyl (C=O) groups is 1. The monoisotopic (exact) mass is 367 g/mol. The minimum atomic E-state index is 0.268. The first kappa shape index (κ1) is 16.7. The molecule has 0 atom stereocenters. The molecule has 1 saturated heterocycles. The van der Waals surface area contributed by atoms with Crippen molar-refractivity contribution in [3.05, 3.63) is 24.2 Å². The molecule has 2 aromatic heterocycles. The summed E-state index contributed by atoms with van der Waals surface area (Å²) >= 11 is 0. The first-order valence-corrected chi connectivity index (χ1v) is 10.1. The van der Waals surface area contributed by atoms with Crippen molar-refractivity contribution in [2.45, 2.75) is 44.4 Å². The first-order chi connectivity index (χ1) is 13.3. The largest absolute Gasteiger partial charge is 0.353 e. The second-order valence-corrected chi connectivity index (χ2v) is 7.93. The third-order valence-corrected chi connectivity index (χ3v) is 5.99. The van der Waals surface area contributed by atoms with E-state index < -0.39 is 0 Å². The molecular formula is C20H25N5O2. The van der Waals surface area contributed by atoms with Crippen molar-refractivity contribution in [1.29, 1.82) is 0 Å². The molecule has 0 radical (unpaired) electrons. The molecule has 142 valence electrons. The lowest BCUT2D eigenvalue weighted by Crippen LogP contribution is -2.50. The Morgan fingerprint density at radius 1 is 1.04 bits per heavy atom. The standard InChI is InChI=1S/C20H25N5O2/c26-20(15-3-1-2-4-15)25-11-9-24(10-12-25)17-8-7-16(13-21-17)18-22-19(27-23-18)14-5-6-14/h7-8,13-15H,1-6,9-12H2. The summed E-state index contributed by atoms with van der Waals surface area (Å²) < 4.78 is 5.33. The number of pyridine rings is 1. The zero-order valence-electron chi connectivity index (χ0n) is 15.5. The highest BCUT2D eigenvalue weighted by atomic mass is 16.5. The number of nitrogens with zero attached hydrogens (tertiary/aromatic N) is 5. The zero-order valence-corrected chi connectivity index (χ0v) is 15.5. The number of piperazine rings is 1. The lowest BCUT2D eigenvalue weighted by atomic mass is 10.1. The fourth-order valence-electron chi connectivity index (χ4n) is 4.14. The number of carbonyl (C=O) groups excluding carboxylic acids is 1. The summed E-state index contributed by atoms with van der Waals surface area (Å²) in [5, 5.41) is 4.07. The molecule has 27 heavy (non-hydrogen) atoms. The Morgan fingerprint density at radius 2 is 1.81 bits per heavy atom. The predicted molar refractivity (Wildman–Crippen MR) is 100 cm³/mol. The van der Waals surface area contributed by atoms with Crippen LogP contribution in [0, 0.1) is 5.92 Å². The molecule has 0 aromatic carbocycles. The Hall–Kier alpha value is -2.44. The maximum Gasteiger partial charge on any atom is 0.230 e. The fourth-order valence-corrected chi connectivity index (χ4v) is 4.14. The summed E-state index contributed by atoms with van der Waals surface area (Å²) in [6.07, 6.45) is 8.65. The molecule has 0 N–H and O–H groups in total. The van der Waals surface area contributed by atoms with Crippen LogP contribution in [0.4, 0.5) is 5.82 Å². The fraction of sp³-hybridized carbons (Fsp3) is 0.600. The molecule has 2 aliphatic carbocycles. The molecular weight excluding hydrogens is 342 g/mol. The average Bonchev–Trinajstić information content (AvgIpc) is 3.22. The molecule has 1 aliphatic heterocycles. The van der Waals surface area contributed by atoms with E-state index in [1.165, 1.54) is 12.8 Å². The Labute approximate surface area is 158 Å². The predicted octanol–water partition coefficient (Wildman–Crippen LogP) is 2.85.